The van der Waals surface area contributed by atoms with E-state index in [1.54, 1.807) is 0 Å². The summed E-state index contributed by atoms with van der Waals surface area (Å²) in [6, 6.07) is 2.72. The number of hydrogen-bond donors (Lipinski definition) is 2. The molecule has 1 saturated heterocycles. The number of aromatic nitrogens is 1. The SMILES string of the molecule is Cc1cc([C@H]2CCCCN2)c[nH]c1=S. The molecule has 0 unspecified atom stereocenters. The van der Waals surface area contributed by atoms with Crippen molar-refractivity contribution in [3.8, 4) is 0 Å². The van der Waals surface area contributed by atoms with Gasteiger partial charge in [-0.2, -0.15) is 0 Å². The molecule has 3 heteroatoms. The van der Waals surface area contributed by atoms with Gasteiger partial charge in [-0.25, -0.2) is 0 Å². The van der Waals surface area contributed by atoms with Crippen LogP contribution >= 0.6 is 12.2 Å². The number of piperidine rings is 1. The second kappa shape index (κ2) is 4.24. The fourth-order valence-electron chi connectivity index (χ4n) is 1.96. The Labute approximate surface area is 89.7 Å². The maximum Gasteiger partial charge on any atom is 0.106 e. The van der Waals surface area contributed by atoms with Crippen LogP contribution in [0.4, 0.5) is 0 Å². The third-order valence-electron chi connectivity index (χ3n) is 2.82. The number of nitrogens with one attached hydrogen (secondary N) is 2. The molecule has 1 aromatic rings. The largest absolute Gasteiger partial charge is 0.352 e. The average molecular weight is 208 g/mol. The first kappa shape index (κ1) is 9.87. The molecular weight excluding hydrogens is 192 g/mol. The van der Waals surface area contributed by atoms with Crippen molar-refractivity contribution in [2.75, 3.05) is 6.54 Å². The van der Waals surface area contributed by atoms with Gasteiger partial charge in [0.1, 0.15) is 4.64 Å². The third kappa shape index (κ3) is 2.04. The molecule has 0 spiro atoms. The van der Waals surface area contributed by atoms with E-state index >= 15 is 0 Å². The molecule has 1 aliphatic heterocycles. The monoisotopic (exact) mass is 208 g/mol. The Morgan fingerprint density at radius 1 is 1.43 bits per heavy atom. The van der Waals surface area contributed by atoms with Crippen molar-refractivity contribution in [3.63, 3.8) is 0 Å². The van der Waals surface area contributed by atoms with E-state index < -0.39 is 0 Å². The first-order valence-electron chi connectivity index (χ1n) is 5.20. The van der Waals surface area contributed by atoms with Gasteiger partial charge in [-0.15, -0.1) is 0 Å². The van der Waals surface area contributed by atoms with Crippen LogP contribution in [0.1, 0.15) is 36.4 Å². The molecule has 2 rings (SSSR count). The molecule has 2 heterocycles. The minimum absolute atomic E-state index is 0.522. The molecule has 0 aliphatic carbocycles. The Hall–Kier alpha value is -0.670. The Morgan fingerprint density at radius 2 is 2.29 bits per heavy atom. The van der Waals surface area contributed by atoms with E-state index in [2.05, 4.69) is 23.3 Å². The lowest BCUT2D eigenvalue weighted by Gasteiger charge is -2.23. The summed E-state index contributed by atoms with van der Waals surface area (Å²) in [5.74, 6) is 0. The number of H-pyrrole nitrogens is 1. The molecule has 1 atom stereocenters. The molecule has 1 fully saturated rings. The van der Waals surface area contributed by atoms with Crippen molar-refractivity contribution < 1.29 is 0 Å². The molecule has 0 aromatic carbocycles. The standard InChI is InChI=1S/C11H16N2S/c1-8-6-9(7-13-11(8)14)10-4-2-3-5-12-10/h6-7,10,12H,2-5H2,1H3,(H,13,14)/t10-/m1/s1. The molecule has 76 valence electrons. The van der Waals surface area contributed by atoms with Crippen molar-refractivity contribution >= 4 is 12.2 Å². The lowest BCUT2D eigenvalue weighted by Crippen LogP contribution is -2.26. The summed E-state index contributed by atoms with van der Waals surface area (Å²) in [5.41, 5.74) is 2.51. The second-order valence-electron chi connectivity index (χ2n) is 3.95. The molecule has 0 saturated carbocycles. The molecule has 1 aromatic heterocycles. The van der Waals surface area contributed by atoms with Crippen LogP contribution in [0.2, 0.25) is 0 Å². The van der Waals surface area contributed by atoms with E-state index in [1.807, 2.05) is 6.20 Å². The van der Waals surface area contributed by atoms with Gasteiger partial charge >= 0.3 is 0 Å². The summed E-state index contributed by atoms with van der Waals surface area (Å²) >= 11 is 5.14. The lowest BCUT2D eigenvalue weighted by molar-refractivity contribution is 0.411. The Bertz CT molecular complexity index is 364. The van der Waals surface area contributed by atoms with Crippen molar-refractivity contribution in [1.82, 2.24) is 10.3 Å². The Kier molecular flexibility index (Phi) is 2.99. The molecule has 2 nitrogen and oxygen atoms in total. The van der Waals surface area contributed by atoms with Gasteiger partial charge < -0.3 is 10.3 Å². The van der Waals surface area contributed by atoms with E-state index in [9.17, 15) is 0 Å². The van der Waals surface area contributed by atoms with Gasteiger partial charge in [-0.3, -0.25) is 0 Å². The van der Waals surface area contributed by atoms with Crippen LogP contribution in [-0.2, 0) is 0 Å². The van der Waals surface area contributed by atoms with Gasteiger partial charge in [0.05, 0.1) is 0 Å². The predicted octanol–water partition coefficient (Wildman–Crippen LogP) is 2.87. The van der Waals surface area contributed by atoms with Crippen molar-refractivity contribution in [3.05, 3.63) is 28.0 Å². The van der Waals surface area contributed by atoms with Gasteiger partial charge in [0.15, 0.2) is 0 Å². The fourth-order valence-corrected chi connectivity index (χ4v) is 2.08. The van der Waals surface area contributed by atoms with Crippen molar-refractivity contribution in [1.29, 1.82) is 0 Å². The average Bonchev–Trinajstić information content (AvgIpc) is 2.23. The zero-order valence-corrected chi connectivity index (χ0v) is 9.29. The highest BCUT2D eigenvalue weighted by Crippen LogP contribution is 2.22. The van der Waals surface area contributed by atoms with Crippen LogP contribution in [0.15, 0.2) is 12.3 Å². The summed E-state index contributed by atoms with van der Waals surface area (Å²) in [5, 5.41) is 3.53. The molecule has 0 bridgehead atoms. The van der Waals surface area contributed by atoms with Crippen LogP contribution in [-0.4, -0.2) is 11.5 Å². The number of pyridine rings is 1. The van der Waals surface area contributed by atoms with Gasteiger partial charge in [0, 0.05) is 12.2 Å². The molecule has 2 N–H and O–H groups in total. The normalized spacial score (nSPS) is 22.2. The number of rotatable bonds is 1. The van der Waals surface area contributed by atoms with Gasteiger partial charge in [0.2, 0.25) is 0 Å². The lowest BCUT2D eigenvalue weighted by atomic mass is 9.98. The summed E-state index contributed by atoms with van der Waals surface area (Å²) < 4.78 is 0.851. The first-order chi connectivity index (χ1) is 6.77. The molecule has 1 aliphatic rings. The Balaban J connectivity index is 2.22. The van der Waals surface area contributed by atoms with Crippen LogP contribution in [0.25, 0.3) is 0 Å². The van der Waals surface area contributed by atoms with Crippen molar-refractivity contribution in [2.45, 2.75) is 32.2 Å². The third-order valence-corrected chi connectivity index (χ3v) is 3.26. The smallest absolute Gasteiger partial charge is 0.106 e. The summed E-state index contributed by atoms with van der Waals surface area (Å²) in [7, 11) is 0. The summed E-state index contributed by atoms with van der Waals surface area (Å²) in [4.78, 5) is 3.14. The van der Waals surface area contributed by atoms with Crippen LogP contribution in [0.5, 0.6) is 0 Å². The number of aryl methyl sites for hydroxylation is 1. The minimum atomic E-state index is 0.522. The molecular formula is C11H16N2S. The van der Waals surface area contributed by atoms with Crippen LogP contribution < -0.4 is 5.32 Å². The zero-order chi connectivity index (χ0) is 9.97. The minimum Gasteiger partial charge on any atom is -0.352 e. The van der Waals surface area contributed by atoms with E-state index in [0.29, 0.717) is 6.04 Å². The molecule has 14 heavy (non-hydrogen) atoms. The van der Waals surface area contributed by atoms with E-state index in [0.717, 1.165) is 11.2 Å². The first-order valence-corrected chi connectivity index (χ1v) is 5.61. The van der Waals surface area contributed by atoms with Gasteiger partial charge in [-0.05, 0) is 37.4 Å². The summed E-state index contributed by atoms with van der Waals surface area (Å²) in [6.07, 6.45) is 5.91. The second-order valence-corrected chi connectivity index (χ2v) is 4.36. The maximum absolute atomic E-state index is 5.14. The summed E-state index contributed by atoms with van der Waals surface area (Å²) in [6.45, 7) is 3.20. The maximum atomic E-state index is 5.14. The van der Waals surface area contributed by atoms with Gasteiger partial charge in [-0.1, -0.05) is 24.7 Å². The number of aromatic amines is 1. The van der Waals surface area contributed by atoms with Crippen LogP contribution in [0, 0.1) is 11.6 Å². The highest BCUT2D eigenvalue weighted by Gasteiger charge is 2.14. The van der Waals surface area contributed by atoms with Crippen LogP contribution in [0.3, 0.4) is 0 Å². The quantitative estimate of drug-likeness (QED) is 0.695. The highest BCUT2D eigenvalue weighted by atomic mass is 32.1. The number of hydrogen-bond acceptors (Lipinski definition) is 2. The predicted molar refractivity (Wildman–Crippen MR) is 61.0 cm³/mol. The topological polar surface area (TPSA) is 27.8 Å². The Morgan fingerprint density at radius 3 is 2.93 bits per heavy atom. The molecule has 0 amide bonds. The molecule has 0 radical (unpaired) electrons. The van der Waals surface area contributed by atoms with E-state index in [4.69, 9.17) is 12.2 Å². The fraction of sp³-hybridized carbons (Fsp3) is 0.545. The van der Waals surface area contributed by atoms with Crippen molar-refractivity contribution in [2.24, 2.45) is 0 Å². The highest BCUT2D eigenvalue weighted by molar-refractivity contribution is 7.71. The zero-order valence-electron chi connectivity index (χ0n) is 8.47. The van der Waals surface area contributed by atoms with E-state index in [1.165, 1.54) is 30.4 Å². The van der Waals surface area contributed by atoms with E-state index in [-0.39, 0.29) is 0 Å². The van der Waals surface area contributed by atoms with Gasteiger partial charge in [0.25, 0.3) is 0 Å².